The van der Waals surface area contributed by atoms with E-state index in [9.17, 15) is 8.42 Å². The van der Waals surface area contributed by atoms with E-state index < -0.39 is 10.0 Å². The van der Waals surface area contributed by atoms with Gasteiger partial charge in [0.25, 0.3) is 0 Å². The van der Waals surface area contributed by atoms with E-state index in [1.165, 1.54) is 5.56 Å². The highest BCUT2D eigenvalue weighted by atomic mass is 32.2. The van der Waals surface area contributed by atoms with Crippen molar-refractivity contribution in [3.05, 3.63) is 17.7 Å². The first-order valence-corrected chi connectivity index (χ1v) is 10.9. The Labute approximate surface area is 152 Å². The number of sulfonamides is 1. The summed E-state index contributed by atoms with van der Waals surface area (Å²) in [6.45, 7) is 4.39. The number of benzene rings is 1. The maximum absolute atomic E-state index is 12.2. The number of thiazole rings is 1. The molecule has 1 aromatic carbocycles. The van der Waals surface area contributed by atoms with Crippen LogP contribution in [0.2, 0.25) is 0 Å². The van der Waals surface area contributed by atoms with Crippen LogP contribution in [0.1, 0.15) is 18.4 Å². The third kappa shape index (κ3) is 3.00. The van der Waals surface area contributed by atoms with Gasteiger partial charge in [0.15, 0.2) is 5.13 Å². The average Bonchev–Trinajstić information content (AvgIpc) is 3.31. The van der Waals surface area contributed by atoms with Crippen LogP contribution in [0.15, 0.2) is 12.1 Å². The summed E-state index contributed by atoms with van der Waals surface area (Å²) in [5.74, 6) is 1.17. The molecule has 136 valence electrons. The lowest BCUT2D eigenvalue weighted by Gasteiger charge is -2.40. The molecular formula is C17H23N3O3S2. The molecule has 1 saturated carbocycles. The topological polar surface area (TPSA) is 62.7 Å². The molecule has 6 nitrogen and oxygen atoms in total. The number of ether oxygens (including phenoxy) is 1. The second-order valence-electron chi connectivity index (χ2n) is 7.05. The maximum Gasteiger partial charge on any atom is 0.216 e. The lowest BCUT2D eigenvalue weighted by atomic mass is 10.0. The lowest BCUT2D eigenvalue weighted by Crippen LogP contribution is -2.52. The second-order valence-corrected chi connectivity index (χ2v) is 10.4. The number of aromatic nitrogens is 1. The van der Waals surface area contributed by atoms with E-state index in [1.54, 1.807) is 29.8 Å². The van der Waals surface area contributed by atoms with Crippen molar-refractivity contribution < 1.29 is 13.2 Å². The van der Waals surface area contributed by atoms with E-state index in [0.29, 0.717) is 12.5 Å². The van der Waals surface area contributed by atoms with E-state index in [2.05, 4.69) is 17.9 Å². The molecule has 4 rings (SSSR count). The SMILES string of the molecule is COc1ccc(C)c2sc(N3CC(CN(C)S(=O)(=O)C4CC4)C3)nc12. The van der Waals surface area contributed by atoms with Gasteiger partial charge in [-0.05, 0) is 31.4 Å². The van der Waals surface area contributed by atoms with Crippen molar-refractivity contribution in [2.45, 2.75) is 25.0 Å². The van der Waals surface area contributed by atoms with Gasteiger partial charge in [0.05, 0.1) is 17.1 Å². The van der Waals surface area contributed by atoms with Gasteiger partial charge in [0.2, 0.25) is 10.0 Å². The number of hydrogen-bond acceptors (Lipinski definition) is 6. The summed E-state index contributed by atoms with van der Waals surface area (Å²) in [6, 6.07) is 4.01. The summed E-state index contributed by atoms with van der Waals surface area (Å²) in [6.07, 6.45) is 1.63. The zero-order valence-corrected chi connectivity index (χ0v) is 16.4. The Bertz CT molecular complexity index is 899. The van der Waals surface area contributed by atoms with Gasteiger partial charge < -0.3 is 9.64 Å². The molecule has 2 fully saturated rings. The molecule has 2 aliphatic rings. The summed E-state index contributed by atoms with van der Waals surface area (Å²) in [4.78, 5) is 6.98. The highest BCUT2D eigenvalue weighted by molar-refractivity contribution is 7.90. The highest BCUT2D eigenvalue weighted by Gasteiger charge is 2.40. The van der Waals surface area contributed by atoms with Crippen molar-refractivity contribution in [1.29, 1.82) is 0 Å². The number of aryl methyl sites for hydroxylation is 1. The molecule has 0 atom stereocenters. The minimum Gasteiger partial charge on any atom is -0.494 e. The molecule has 0 radical (unpaired) electrons. The maximum atomic E-state index is 12.2. The Kier molecular flexibility index (Phi) is 4.16. The fourth-order valence-corrected chi connectivity index (χ4v) is 6.06. The van der Waals surface area contributed by atoms with Crippen molar-refractivity contribution in [2.24, 2.45) is 5.92 Å². The number of anilines is 1. The predicted octanol–water partition coefficient (Wildman–Crippen LogP) is 2.47. The van der Waals surface area contributed by atoms with Crippen molar-refractivity contribution >= 4 is 36.7 Å². The fraction of sp³-hybridized carbons (Fsp3) is 0.588. The van der Waals surface area contributed by atoms with Crippen LogP contribution in [0.5, 0.6) is 5.75 Å². The van der Waals surface area contributed by atoms with Gasteiger partial charge in [-0.1, -0.05) is 17.4 Å². The molecule has 0 unspecified atom stereocenters. The molecule has 8 heteroatoms. The molecule has 0 amide bonds. The van der Waals surface area contributed by atoms with Gasteiger partial charge in [0, 0.05) is 32.6 Å². The average molecular weight is 382 g/mol. The molecule has 2 aromatic rings. The van der Waals surface area contributed by atoms with Crippen molar-refractivity contribution in [1.82, 2.24) is 9.29 Å². The first-order chi connectivity index (χ1) is 11.9. The Morgan fingerprint density at radius 3 is 2.72 bits per heavy atom. The first-order valence-electron chi connectivity index (χ1n) is 8.54. The number of hydrogen-bond donors (Lipinski definition) is 0. The normalized spacial score (nSPS) is 18.8. The van der Waals surface area contributed by atoms with Crippen LogP contribution in [-0.4, -0.2) is 56.7 Å². The predicted molar refractivity (Wildman–Crippen MR) is 101 cm³/mol. The molecule has 0 spiro atoms. The number of nitrogens with zero attached hydrogens (tertiary/aromatic N) is 3. The molecular weight excluding hydrogens is 358 g/mol. The summed E-state index contributed by atoms with van der Waals surface area (Å²) >= 11 is 1.68. The third-order valence-corrected chi connectivity index (χ3v) is 8.62. The molecule has 1 aliphatic heterocycles. The molecule has 1 aromatic heterocycles. The number of rotatable bonds is 6. The zero-order chi connectivity index (χ0) is 17.8. The van der Waals surface area contributed by atoms with Crippen LogP contribution in [0, 0.1) is 12.8 Å². The number of fused-ring (bicyclic) bond motifs is 1. The molecule has 25 heavy (non-hydrogen) atoms. The van der Waals surface area contributed by atoms with Crippen LogP contribution < -0.4 is 9.64 Å². The Morgan fingerprint density at radius 2 is 2.08 bits per heavy atom. The van der Waals surface area contributed by atoms with E-state index >= 15 is 0 Å². The van der Waals surface area contributed by atoms with Crippen LogP contribution in [0.3, 0.4) is 0 Å². The van der Waals surface area contributed by atoms with Crippen LogP contribution in [-0.2, 0) is 10.0 Å². The standard InChI is InChI=1S/C17H23N3O3S2/c1-11-4-7-14(23-3)15-16(11)24-17(18-15)20-9-12(10-20)8-19(2)25(21,22)13-5-6-13/h4,7,12-13H,5-6,8-10H2,1-3H3. The molecule has 1 aliphatic carbocycles. The van der Waals surface area contributed by atoms with E-state index in [4.69, 9.17) is 9.72 Å². The second kappa shape index (κ2) is 6.10. The summed E-state index contributed by atoms with van der Waals surface area (Å²) in [5.41, 5.74) is 2.12. The largest absolute Gasteiger partial charge is 0.494 e. The minimum atomic E-state index is -3.07. The molecule has 0 bridgehead atoms. The summed E-state index contributed by atoms with van der Waals surface area (Å²) in [5, 5.41) is 0.861. The Morgan fingerprint density at radius 1 is 1.36 bits per heavy atom. The highest BCUT2D eigenvalue weighted by Crippen LogP contribution is 2.39. The van der Waals surface area contributed by atoms with Gasteiger partial charge >= 0.3 is 0 Å². The van der Waals surface area contributed by atoms with Crippen LogP contribution in [0.4, 0.5) is 5.13 Å². The van der Waals surface area contributed by atoms with Gasteiger partial charge in [-0.2, -0.15) is 0 Å². The summed E-state index contributed by atoms with van der Waals surface area (Å²) < 4.78 is 32.6. The van der Waals surface area contributed by atoms with Crippen molar-refractivity contribution in [3.8, 4) is 5.75 Å². The summed E-state index contributed by atoms with van der Waals surface area (Å²) in [7, 11) is 0.307. The van der Waals surface area contributed by atoms with Crippen molar-refractivity contribution in [3.63, 3.8) is 0 Å². The van der Waals surface area contributed by atoms with Crippen molar-refractivity contribution in [2.75, 3.05) is 38.7 Å². The smallest absolute Gasteiger partial charge is 0.216 e. The fourth-order valence-electron chi connectivity index (χ4n) is 3.33. The van der Waals surface area contributed by atoms with E-state index in [0.717, 1.165) is 47.0 Å². The quantitative estimate of drug-likeness (QED) is 0.769. The monoisotopic (exact) mass is 381 g/mol. The first kappa shape index (κ1) is 17.1. The molecule has 2 heterocycles. The lowest BCUT2D eigenvalue weighted by molar-refractivity contribution is 0.327. The third-order valence-electron chi connectivity index (χ3n) is 5.04. The van der Waals surface area contributed by atoms with Gasteiger partial charge in [-0.15, -0.1) is 0 Å². The molecule has 0 N–H and O–H groups in total. The van der Waals surface area contributed by atoms with Gasteiger partial charge in [-0.3, -0.25) is 0 Å². The number of methoxy groups -OCH3 is 1. The Hall–Kier alpha value is -1.38. The van der Waals surface area contributed by atoms with Crippen LogP contribution >= 0.6 is 11.3 Å². The molecule has 1 saturated heterocycles. The Balaban J connectivity index is 1.44. The van der Waals surface area contributed by atoms with Gasteiger partial charge in [0.1, 0.15) is 11.3 Å². The van der Waals surface area contributed by atoms with Crippen LogP contribution in [0.25, 0.3) is 10.2 Å². The minimum absolute atomic E-state index is 0.131. The van der Waals surface area contributed by atoms with E-state index in [-0.39, 0.29) is 5.25 Å². The van der Waals surface area contributed by atoms with E-state index in [1.807, 2.05) is 6.07 Å². The zero-order valence-electron chi connectivity index (χ0n) is 14.7. The van der Waals surface area contributed by atoms with Gasteiger partial charge in [-0.25, -0.2) is 17.7 Å².